The number of nitrogens with zero attached hydrogens (tertiary/aromatic N) is 2. The number of rotatable bonds is 5. The van der Waals surface area contributed by atoms with Gasteiger partial charge in [-0.15, -0.1) is 0 Å². The van der Waals surface area contributed by atoms with Crippen molar-refractivity contribution in [3.8, 4) is 5.69 Å². The van der Waals surface area contributed by atoms with Crippen molar-refractivity contribution < 1.29 is 27.5 Å². The van der Waals surface area contributed by atoms with Crippen LogP contribution in [0.1, 0.15) is 34.2 Å². The van der Waals surface area contributed by atoms with E-state index in [4.69, 9.17) is 4.74 Å². The van der Waals surface area contributed by atoms with Crippen LogP contribution in [0.2, 0.25) is 0 Å². The normalized spacial score (nSPS) is 11.2. The third-order valence-corrected chi connectivity index (χ3v) is 4.61. The van der Waals surface area contributed by atoms with Gasteiger partial charge in [0, 0.05) is 11.4 Å². The molecule has 0 unspecified atom stereocenters. The van der Waals surface area contributed by atoms with Crippen molar-refractivity contribution in [2.45, 2.75) is 26.9 Å². The van der Waals surface area contributed by atoms with Gasteiger partial charge >= 0.3 is 18.2 Å². The summed E-state index contributed by atoms with van der Waals surface area (Å²) in [6.07, 6.45) is -4.44. The highest BCUT2D eigenvalue weighted by Crippen LogP contribution is 2.29. The van der Waals surface area contributed by atoms with Gasteiger partial charge in [-0.25, -0.2) is 14.3 Å². The summed E-state index contributed by atoms with van der Waals surface area (Å²) in [5.41, 5.74) is 2.14. The van der Waals surface area contributed by atoms with E-state index in [1.165, 1.54) is 12.1 Å². The molecule has 0 saturated heterocycles. The Labute approximate surface area is 182 Å². The number of urea groups is 1. The molecule has 1 heterocycles. The van der Waals surface area contributed by atoms with E-state index in [1.807, 2.05) is 0 Å². The van der Waals surface area contributed by atoms with Crippen LogP contribution in [0.4, 0.5) is 29.3 Å². The van der Waals surface area contributed by atoms with E-state index < -0.39 is 23.7 Å². The highest BCUT2D eigenvalue weighted by atomic mass is 19.4. The monoisotopic (exact) mass is 446 g/mol. The molecule has 2 aromatic carbocycles. The number of hydrogen-bond acceptors (Lipinski definition) is 4. The molecule has 0 aliphatic heterocycles. The summed E-state index contributed by atoms with van der Waals surface area (Å²) < 4.78 is 44.5. The molecule has 0 fully saturated rings. The summed E-state index contributed by atoms with van der Waals surface area (Å²) in [6, 6.07) is 10.2. The van der Waals surface area contributed by atoms with E-state index in [0.717, 1.165) is 12.1 Å². The number of carbonyl (C=O) groups is 2. The summed E-state index contributed by atoms with van der Waals surface area (Å²) in [5, 5.41) is 9.47. The number of ether oxygens (including phenoxy) is 1. The molecule has 2 amide bonds. The van der Waals surface area contributed by atoms with Crippen LogP contribution >= 0.6 is 0 Å². The highest BCUT2D eigenvalue weighted by molar-refractivity contribution is 5.99. The third kappa shape index (κ3) is 5.08. The van der Waals surface area contributed by atoms with E-state index in [-0.39, 0.29) is 12.3 Å². The Kier molecular flexibility index (Phi) is 6.52. The first kappa shape index (κ1) is 22.9. The fourth-order valence-corrected chi connectivity index (χ4v) is 3.11. The molecule has 0 bridgehead atoms. The van der Waals surface area contributed by atoms with Gasteiger partial charge in [0.1, 0.15) is 5.56 Å². The molecule has 0 aliphatic rings. The van der Waals surface area contributed by atoms with E-state index in [1.54, 1.807) is 49.7 Å². The number of hydrogen-bond donors (Lipinski definition) is 2. The van der Waals surface area contributed by atoms with Crippen molar-refractivity contribution in [3.63, 3.8) is 0 Å². The SMILES string of the molecule is CCOC(=O)c1c(C)nn(-c2ccc(NC(=O)Nc3ccc(C(F)(F)F)cc3)cc2)c1C. The second-order valence-corrected chi connectivity index (χ2v) is 6.88. The number of aromatic nitrogens is 2. The van der Waals surface area contributed by atoms with Crippen LogP contribution in [0, 0.1) is 13.8 Å². The zero-order chi connectivity index (χ0) is 23.5. The van der Waals surface area contributed by atoms with Crippen molar-refractivity contribution in [2.24, 2.45) is 0 Å². The van der Waals surface area contributed by atoms with Crippen molar-refractivity contribution >= 4 is 23.4 Å². The maximum absolute atomic E-state index is 12.6. The summed E-state index contributed by atoms with van der Waals surface area (Å²) in [6.45, 7) is 5.47. The molecule has 0 spiro atoms. The summed E-state index contributed by atoms with van der Waals surface area (Å²) >= 11 is 0. The molecule has 0 radical (unpaired) electrons. The summed E-state index contributed by atoms with van der Waals surface area (Å²) in [5.74, 6) is -0.438. The molecule has 32 heavy (non-hydrogen) atoms. The molecule has 0 saturated carbocycles. The molecule has 1 aromatic heterocycles. The number of carbonyl (C=O) groups excluding carboxylic acids is 2. The van der Waals surface area contributed by atoms with Gasteiger partial charge in [0.05, 0.1) is 29.2 Å². The Balaban J connectivity index is 1.68. The molecular weight excluding hydrogens is 425 g/mol. The van der Waals surface area contributed by atoms with Gasteiger partial charge in [-0.3, -0.25) is 0 Å². The van der Waals surface area contributed by atoms with Crippen LogP contribution in [0.5, 0.6) is 0 Å². The molecular formula is C22H21F3N4O3. The molecule has 3 aromatic rings. The number of anilines is 2. The Morgan fingerprint density at radius 2 is 1.50 bits per heavy atom. The van der Waals surface area contributed by atoms with Gasteiger partial charge in [-0.05, 0) is 69.3 Å². The van der Waals surface area contributed by atoms with Gasteiger partial charge in [-0.2, -0.15) is 18.3 Å². The van der Waals surface area contributed by atoms with Crippen molar-refractivity contribution in [3.05, 3.63) is 71.0 Å². The lowest BCUT2D eigenvalue weighted by Gasteiger charge is -2.11. The lowest BCUT2D eigenvalue weighted by Crippen LogP contribution is -2.19. The maximum Gasteiger partial charge on any atom is 0.416 e. The van der Waals surface area contributed by atoms with Crippen LogP contribution in [0.3, 0.4) is 0 Å². The van der Waals surface area contributed by atoms with Crippen LogP contribution in [-0.2, 0) is 10.9 Å². The standard InChI is InChI=1S/C22H21F3N4O3/c1-4-32-20(30)19-13(2)28-29(14(19)3)18-11-9-17(10-12-18)27-21(31)26-16-7-5-15(6-8-16)22(23,24)25/h5-12H,4H2,1-3H3,(H2,26,27,31). The first-order valence-electron chi connectivity index (χ1n) is 9.69. The van der Waals surface area contributed by atoms with Gasteiger partial charge in [0.25, 0.3) is 0 Å². The second-order valence-electron chi connectivity index (χ2n) is 6.88. The minimum atomic E-state index is -4.44. The number of halogens is 3. The van der Waals surface area contributed by atoms with E-state index >= 15 is 0 Å². The molecule has 3 rings (SSSR count). The summed E-state index contributed by atoms with van der Waals surface area (Å²) in [7, 11) is 0. The number of amides is 2. The summed E-state index contributed by atoms with van der Waals surface area (Å²) in [4.78, 5) is 24.3. The predicted molar refractivity (Wildman–Crippen MR) is 113 cm³/mol. The van der Waals surface area contributed by atoms with Gasteiger partial charge in [0.2, 0.25) is 0 Å². The first-order chi connectivity index (χ1) is 15.1. The average molecular weight is 446 g/mol. The van der Waals surface area contributed by atoms with Crippen molar-refractivity contribution in [2.75, 3.05) is 17.2 Å². The van der Waals surface area contributed by atoms with Crippen LogP contribution in [-0.4, -0.2) is 28.4 Å². The number of nitrogens with one attached hydrogen (secondary N) is 2. The third-order valence-electron chi connectivity index (χ3n) is 4.61. The van der Waals surface area contributed by atoms with Crippen molar-refractivity contribution in [1.82, 2.24) is 9.78 Å². The lowest BCUT2D eigenvalue weighted by molar-refractivity contribution is -0.137. The van der Waals surface area contributed by atoms with Crippen LogP contribution in [0.25, 0.3) is 5.69 Å². The van der Waals surface area contributed by atoms with Gasteiger partial charge < -0.3 is 15.4 Å². The Morgan fingerprint density at radius 1 is 0.969 bits per heavy atom. The number of esters is 1. The Morgan fingerprint density at radius 3 is 2.00 bits per heavy atom. The first-order valence-corrected chi connectivity index (χ1v) is 9.69. The second kappa shape index (κ2) is 9.13. The van der Waals surface area contributed by atoms with Crippen molar-refractivity contribution in [1.29, 1.82) is 0 Å². The van der Waals surface area contributed by atoms with Gasteiger partial charge in [-0.1, -0.05) is 0 Å². The Hall–Kier alpha value is -3.82. The Bertz CT molecular complexity index is 1120. The fourth-order valence-electron chi connectivity index (χ4n) is 3.11. The quantitative estimate of drug-likeness (QED) is 0.519. The molecule has 0 atom stereocenters. The van der Waals surface area contributed by atoms with Crippen LogP contribution in [0.15, 0.2) is 48.5 Å². The lowest BCUT2D eigenvalue weighted by atomic mass is 10.2. The van der Waals surface area contributed by atoms with Gasteiger partial charge in [0.15, 0.2) is 0 Å². The maximum atomic E-state index is 12.6. The fraction of sp³-hybridized carbons (Fsp3) is 0.227. The zero-order valence-corrected chi connectivity index (χ0v) is 17.6. The smallest absolute Gasteiger partial charge is 0.416 e. The average Bonchev–Trinajstić information content (AvgIpc) is 3.02. The molecule has 10 heteroatoms. The number of benzene rings is 2. The zero-order valence-electron chi connectivity index (χ0n) is 17.6. The predicted octanol–water partition coefficient (Wildman–Crippen LogP) is 5.33. The minimum absolute atomic E-state index is 0.223. The van der Waals surface area contributed by atoms with E-state index in [0.29, 0.717) is 28.3 Å². The molecule has 2 N–H and O–H groups in total. The number of aryl methyl sites for hydroxylation is 1. The van der Waals surface area contributed by atoms with E-state index in [2.05, 4.69) is 15.7 Å². The van der Waals surface area contributed by atoms with Crippen LogP contribution < -0.4 is 10.6 Å². The minimum Gasteiger partial charge on any atom is -0.462 e. The molecule has 168 valence electrons. The van der Waals surface area contributed by atoms with E-state index in [9.17, 15) is 22.8 Å². The molecule has 0 aliphatic carbocycles. The molecule has 7 nitrogen and oxygen atoms in total. The highest BCUT2D eigenvalue weighted by Gasteiger charge is 2.30. The topological polar surface area (TPSA) is 85.2 Å². The number of alkyl halides is 3. The largest absolute Gasteiger partial charge is 0.462 e.